The minimum absolute atomic E-state index is 0.558. The van der Waals surface area contributed by atoms with Crippen LogP contribution in [0.25, 0.3) is 0 Å². The summed E-state index contributed by atoms with van der Waals surface area (Å²) in [6, 6.07) is 0. The van der Waals surface area contributed by atoms with Crippen molar-refractivity contribution in [2.24, 2.45) is 0 Å². The van der Waals surface area contributed by atoms with Crippen LogP contribution in [-0.4, -0.2) is 5.30 Å². The molecule has 0 fully saturated rings. The zero-order valence-electron chi connectivity index (χ0n) is 5.41. The summed E-state index contributed by atoms with van der Waals surface area (Å²) < 4.78 is 4.69. The first kappa shape index (κ1) is 7.41. The maximum absolute atomic E-state index is 10.3. The van der Waals surface area contributed by atoms with Gasteiger partial charge in [-0.25, -0.2) is 4.79 Å². The molecule has 1 aliphatic carbocycles. The van der Waals surface area contributed by atoms with Gasteiger partial charge < -0.3 is 4.74 Å². The molecule has 0 aromatic carbocycles. The van der Waals surface area contributed by atoms with E-state index in [1.165, 1.54) is 0 Å². The highest BCUT2D eigenvalue weighted by molar-refractivity contribution is 7.96. The van der Waals surface area contributed by atoms with Crippen LogP contribution in [0.3, 0.4) is 0 Å². The van der Waals surface area contributed by atoms with Crippen LogP contribution >= 0.6 is 12.6 Å². The fraction of sp³-hybridized carbons (Fsp3) is 0.286. The maximum Gasteiger partial charge on any atom is 0.369 e. The van der Waals surface area contributed by atoms with Gasteiger partial charge in [0.15, 0.2) is 0 Å². The Morgan fingerprint density at radius 1 is 1.60 bits per heavy atom. The van der Waals surface area contributed by atoms with Crippen LogP contribution in [0, 0.1) is 0 Å². The third kappa shape index (κ3) is 2.27. The molecule has 0 amide bonds. The summed E-state index contributed by atoms with van der Waals surface area (Å²) in [5.74, 6) is 0.603. The highest BCUT2D eigenvalue weighted by Gasteiger charge is 2.00. The van der Waals surface area contributed by atoms with Gasteiger partial charge in [0.1, 0.15) is 5.76 Å². The van der Waals surface area contributed by atoms with Crippen LogP contribution in [0.1, 0.15) is 12.8 Å². The quantitative estimate of drug-likeness (QED) is 0.465. The van der Waals surface area contributed by atoms with E-state index in [0.717, 1.165) is 12.8 Å². The molecule has 1 rings (SSSR count). The molecular weight excluding hydrogens is 148 g/mol. The Labute approximate surface area is 65.0 Å². The Morgan fingerprint density at radius 3 is 2.90 bits per heavy atom. The number of ether oxygens (including phenoxy) is 1. The summed E-state index contributed by atoms with van der Waals surface area (Å²) in [6.45, 7) is 0. The van der Waals surface area contributed by atoms with Gasteiger partial charge in [-0.2, -0.15) is 0 Å². The zero-order valence-corrected chi connectivity index (χ0v) is 6.30. The van der Waals surface area contributed by atoms with Crippen molar-refractivity contribution < 1.29 is 9.53 Å². The van der Waals surface area contributed by atoms with Crippen molar-refractivity contribution in [2.75, 3.05) is 0 Å². The molecular formula is C7H8O2S. The molecule has 0 atom stereocenters. The topological polar surface area (TPSA) is 26.3 Å². The van der Waals surface area contributed by atoms with Gasteiger partial charge in [-0.3, -0.25) is 0 Å². The molecule has 2 nitrogen and oxygen atoms in total. The molecule has 3 heteroatoms. The highest BCUT2D eigenvalue weighted by Crippen LogP contribution is 2.11. The first-order valence-corrected chi connectivity index (χ1v) is 3.51. The average molecular weight is 156 g/mol. The van der Waals surface area contributed by atoms with Crippen molar-refractivity contribution in [3.8, 4) is 0 Å². The molecule has 10 heavy (non-hydrogen) atoms. The van der Waals surface area contributed by atoms with E-state index in [1.54, 1.807) is 6.08 Å². The van der Waals surface area contributed by atoms with Gasteiger partial charge in [-0.1, -0.05) is 18.7 Å². The number of hydrogen-bond donors (Lipinski definition) is 1. The number of thiol groups is 1. The second-order valence-corrected chi connectivity index (χ2v) is 2.32. The van der Waals surface area contributed by atoms with Crippen LogP contribution in [0.15, 0.2) is 24.0 Å². The van der Waals surface area contributed by atoms with Crippen molar-refractivity contribution in [3.63, 3.8) is 0 Å². The fourth-order valence-corrected chi connectivity index (χ4v) is 0.871. The predicted octanol–water partition coefficient (Wildman–Crippen LogP) is 2.29. The molecule has 0 aliphatic heterocycles. The molecule has 0 N–H and O–H groups in total. The van der Waals surface area contributed by atoms with Crippen LogP contribution in [0.2, 0.25) is 0 Å². The van der Waals surface area contributed by atoms with E-state index < -0.39 is 5.30 Å². The summed E-state index contributed by atoms with van der Waals surface area (Å²) in [6.07, 6.45) is 7.57. The molecule has 1 aliphatic rings. The second kappa shape index (κ2) is 3.46. The molecule has 54 valence electrons. The standard InChI is InChI=1S/C7H8O2S/c8-7(10)9-6-4-2-1-3-5-6/h2,4-5H,1,3H2,(H,8,10). The van der Waals surface area contributed by atoms with Gasteiger partial charge in [0, 0.05) is 0 Å². The van der Waals surface area contributed by atoms with E-state index in [2.05, 4.69) is 12.6 Å². The van der Waals surface area contributed by atoms with Gasteiger partial charge >= 0.3 is 5.30 Å². The van der Waals surface area contributed by atoms with Crippen LogP contribution < -0.4 is 0 Å². The fourth-order valence-electron chi connectivity index (χ4n) is 0.766. The maximum atomic E-state index is 10.3. The number of hydrogen-bond acceptors (Lipinski definition) is 2. The normalized spacial score (nSPS) is 16.3. The molecule has 0 unspecified atom stereocenters. The monoisotopic (exact) mass is 156 g/mol. The van der Waals surface area contributed by atoms with E-state index in [9.17, 15) is 4.79 Å². The van der Waals surface area contributed by atoms with Crippen molar-refractivity contribution in [3.05, 3.63) is 24.0 Å². The van der Waals surface area contributed by atoms with E-state index in [1.807, 2.05) is 12.2 Å². The molecule has 0 aromatic rings. The van der Waals surface area contributed by atoms with E-state index in [-0.39, 0.29) is 0 Å². The minimum Gasteiger partial charge on any atom is -0.419 e. The predicted molar refractivity (Wildman–Crippen MR) is 41.9 cm³/mol. The van der Waals surface area contributed by atoms with E-state index >= 15 is 0 Å². The molecule has 0 aromatic heterocycles. The van der Waals surface area contributed by atoms with Gasteiger partial charge in [-0.05, 0) is 25.0 Å². The van der Waals surface area contributed by atoms with Gasteiger partial charge in [-0.15, -0.1) is 0 Å². The molecule has 0 heterocycles. The Bertz CT molecular complexity index is 194. The highest BCUT2D eigenvalue weighted by atomic mass is 32.1. The zero-order chi connectivity index (χ0) is 7.40. The lowest BCUT2D eigenvalue weighted by Gasteiger charge is -2.03. The van der Waals surface area contributed by atoms with Crippen molar-refractivity contribution in [1.29, 1.82) is 0 Å². The Kier molecular flexibility index (Phi) is 2.57. The number of allylic oxidation sites excluding steroid dienone is 3. The smallest absolute Gasteiger partial charge is 0.369 e. The summed E-state index contributed by atoms with van der Waals surface area (Å²) in [4.78, 5) is 10.3. The average Bonchev–Trinajstić information content (AvgIpc) is 1.88. The van der Waals surface area contributed by atoms with Crippen molar-refractivity contribution in [1.82, 2.24) is 0 Å². The first-order chi connectivity index (χ1) is 4.79. The lowest BCUT2D eigenvalue weighted by atomic mass is 10.2. The first-order valence-electron chi connectivity index (χ1n) is 3.06. The molecule has 0 saturated carbocycles. The molecule has 0 saturated heterocycles. The summed E-state index contributed by atoms with van der Waals surface area (Å²) >= 11 is 3.47. The molecule has 0 spiro atoms. The van der Waals surface area contributed by atoms with Crippen LogP contribution in [0.4, 0.5) is 4.79 Å². The lowest BCUT2D eigenvalue weighted by Crippen LogP contribution is -1.94. The minimum atomic E-state index is -0.558. The third-order valence-electron chi connectivity index (χ3n) is 1.17. The third-order valence-corrected chi connectivity index (χ3v) is 1.26. The Hall–Kier alpha value is -0.700. The van der Waals surface area contributed by atoms with Gasteiger partial charge in [0.05, 0.1) is 0 Å². The largest absolute Gasteiger partial charge is 0.419 e. The van der Waals surface area contributed by atoms with Crippen molar-refractivity contribution >= 4 is 17.9 Å². The molecule has 0 radical (unpaired) electrons. The Morgan fingerprint density at radius 2 is 2.40 bits per heavy atom. The SMILES string of the molecule is O=C(S)OC1=CCCC=C1. The van der Waals surface area contributed by atoms with E-state index in [4.69, 9.17) is 4.74 Å². The number of rotatable bonds is 1. The molecule has 0 bridgehead atoms. The van der Waals surface area contributed by atoms with Crippen LogP contribution in [-0.2, 0) is 4.74 Å². The van der Waals surface area contributed by atoms with Crippen LogP contribution in [0.5, 0.6) is 0 Å². The van der Waals surface area contributed by atoms with E-state index in [0.29, 0.717) is 5.76 Å². The number of carbonyl (C=O) groups is 1. The number of carbonyl (C=O) groups excluding carboxylic acids is 1. The Balaban J connectivity index is 2.48. The summed E-state index contributed by atoms with van der Waals surface area (Å²) in [7, 11) is 0. The summed E-state index contributed by atoms with van der Waals surface area (Å²) in [5, 5.41) is -0.558. The van der Waals surface area contributed by atoms with Crippen molar-refractivity contribution in [2.45, 2.75) is 12.8 Å². The second-order valence-electron chi connectivity index (χ2n) is 1.95. The summed E-state index contributed by atoms with van der Waals surface area (Å²) in [5.41, 5.74) is 0. The lowest BCUT2D eigenvalue weighted by molar-refractivity contribution is 0.207. The van der Waals surface area contributed by atoms with Gasteiger partial charge in [0.2, 0.25) is 0 Å². The van der Waals surface area contributed by atoms with Gasteiger partial charge in [0.25, 0.3) is 0 Å².